The van der Waals surface area contributed by atoms with Gasteiger partial charge in [0.15, 0.2) is 0 Å². The summed E-state index contributed by atoms with van der Waals surface area (Å²) in [5.41, 5.74) is 4.81. The molecule has 36 heavy (non-hydrogen) atoms. The quantitative estimate of drug-likeness (QED) is 0.326. The first-order valence-corrected chi connectivity index (χ1v) is 13.0. The molecular weight excluding hydrogens is 491 g/mol. The Hall–Kier alpha value is -2.82. The van der Waals surface area contributed by atoms with E-state index in [1.807, 2.05) is 82.3 Å². The van der Waals surface area contributed by atoms with Gasteiger partial charge in [0.25, 0.3) is 0 Å². The van der Waals surface area contributed by atoms with Crippen LogP contribution in [-0.4, -0.2) is 29.3 Å². The van der Waals surface area contributed by atoms with Crippen LogP contribution in [0.4, 0.5) is 0 Å². The van der Waals surface area contributed by atoms with Crippen molar-refractivity contribution < 1.29 is 9.59 Å². The Labute approximate surface area is 224 Å². The highest BCUT2D eigenvalue weighted by Crippen LogP contribution is 2.25. The zero-order valence-corrected chi connectivity index (χ0v) is 22.9. The minimum Gasteiger partial charge on any atom is -0.354 e. The molecule has 0 spiro atoms. The maximum atomic E-state index is 13.9. The van der Waals surface area contributed by atoms with Crippen molar-refractivity contribution in [2.75, 3.05) is 6.54 Å². The van der Waals surface area contributed by atoms with Gasteiger partial charge in [0.05, 0.1) is 6.42 Å². The topological polar surface area (TPSA) is 49.4 Å². The molecule has 2 amide bonds. The number of aryl methyl sites for hydroxylation is 2. The lowest BCUT2D eigenvalue weighted by atomic mass is 9.99. The molecule has 0 bridgehead atoms. The highest BCUT2D eigenvalue weighted by molar-refractivity contribution is 6.35. The predicted molar refractivity (Wildman–Crippen MR) is 148 cm³/mol. The van der Waals surface area contributed by atoms with Crippen molar-refractivity contribution >= 4 is 35.0 Å². The molecule has 0 saturated heterocycles. The van der Waals surface area contributed by atoms with E-state index < -0.39 is 6.04 Å². The predicted octanol–water partition coefficient (Wildman–Crippen LogP) is 6.57. The molecule has 0 aliphatic heterocycles. The molecule has 3 aromatic carbocycles. The molecule has 0 saturated carbocycles. The van der Waals surface area contributed by atoms with Crippen molar-refractivity contribution in [2.45, 2.75) is 53.1 Å². The number of carbonyl (C=O) groups is 2. The number of amides is 2. The van der Waals surface area contributed by atoms with Crippen LogP contribution in [0.15, 0.2) is 66.7 Å². The summed E-state index contributed by atoms with van der Waals surface area (Å²) in [4.78, 5) is 29.1. The number of hydrogen-bond acceptors (Lipinski definition) is 2. The largest absolute Gasteiger partial charge is 0.354 e. The van der Waals surface area contributed by atoms with Gasteiger partial charge < -0.3 is 10.2 Å². The number of hydrogen-bond donors (Lipinski definition) is 1. The second kappa shape index (κ2) is 12.9. The number of rotatable bonds is 10. The number of benzene rings is 3. The summed E-state index contributed by atoms with van der Waals surface area (Å²) in [6.07, 6.45) is 0.593. The van der Waals surface area contributed by atoms with Gasteiger partial charge in [-0.2, -0.15) is 0 Å². The summed E-state index contributed by atoms with van der Waals surface area (Å²) in [7, 11) is 0. The summed E-state index contributed by atoms with van der Waals surface area (Å²) in [5.74, 6) is -0.0153. The van der Waals surface area contributed by atoms with E-state index in [4.69, 9.17) is 23.2 Å². The molecule has 6 heteroatoms. The van der Waals surface area contributed by atoms with Crippen LogP contribution in [0, 0.1) is 19.8 Å². The van der Waals surface area contributed by atoms with Crippen molar-refractivity contribution in [2.24, 2.45) is 5.92 Å². The van der Waals surface area contributed by atoms with Crippen LogP contribution in [0.3, 0.4) is 0 Å². The zero-order chi connectivity index (χ0) is 26.2. The number of nitrogens with zero attached hydrogens (tertiary/aromatic N) is 1. The van der Waals surface area contributed by atoms with Crippen LogP contribution in [0.2, 0.25) is 10.0 Å². The fourth-order valence-electron chi connectivity index (χ4n) is 4.07. The van der Waals surface area contributed by atoms with Crippen LogP contribution in [0.1, 0.15) is 41.7 Å². The molecule has 0 aliphatic rings. The van der Waals surface area contributed by atoms with Gasteiger partial charge in [-0.15, -0.1) is 0 Å². The fourth-order valence-corrected chi connectivity index (χ4v) is 4.53. The van der Waals surface area contributed by atoms with Gasteiger partial charge in [-0.25, -0.2) is 0 Å². The van der Waals surface area contributed by atoms with Crippen molar-refractivity contribution in [1.29, 1.82) is 0 Å². The Morgan fingerprint density at radius 1 is 0.917 bits per heavy atom. The molecular formula is C30H34Cl2N2O2. The third-order valence-electron chi connectivity index (χ3n) is 6.16. The number of nitrogens with one attached hydrogen (secondary N) is 1. The van der Waals surface area contributed by atoms with E-state index in [1.54, 1.807) is 17.0 Å². The lowest BCUT2D eigenvalue weighted by Gasteiger charge is -2.32. The molecule has 0 heterocycles. The monoisotopic (exact) mass is 524 g/mol. The first-order chi connectivity index (χ1) is 17.1. The molecule has 0 aliphatic carbocycles. The molecule has 3 rings (SSSR count). The van der Waals surface area contributed by atoms with E-state index in [9.17, 15) is 9.59 Å². The van der Waals surface area contributed by atoms with Crippen molar-refractivity contribution in [1.82, 2.24) is 10.2 Å². The van der Waals surface area contributed by atoms with Gasteiger partial charge in [0, 0.05) is 29.6 Å². The average Bonchev–Trinajstić information content (AvgIpc) is 2.83. The van der Waals surface area contributed by atoms with E-state index in [0.29, 0.717) is 23.0 Å². The van der Waals surface area contributed by atoms with Gasteiger partial charge in [0.1, 0.15) is 6.04 Å². The number of halogens is 2. The Morgan fingerprint density at radius 3 is 2.31 bits per heavy atom. The SMILES string of the molecule is Cc1ccc(C)c(CC(=O)N(Cc2ccc(Cl)cc2Cl)C(Cc2ccccc2)C(=O)NCC(C)C)c1. The van der Waals surface area contributed by atoms with Crippen LogP contribution in [-0.2, 0) is 29.0 Å². The van der Waals surface area contributed by atoms with Crippen LogP contribution >= 0.6 is 23.2 Å². The van der Waals surface area contributed by atoms with Crippen molar-refractivity contribution in [3.63, 3.8) is 0 Å². The average molecular weight is 526 g/mol. The van der Waals surface area contributed by atoms with E-state index >= 15 is 0 Å². The summed E-state index contributed by atoms with van der Waals surface area (Å²) in [6.45, 7) is 8.83. The molecule has 190 valence electrons. The van der Waals surface area contributed by atoms with Gasteiger partial charge >= 0.3 is 0 Å². The highest BCUT2D eigenvalue weighted by Gasteiger charge is 2.31. The Bertz CT molecular complexity index is 1190. The second-order valence-corrected chi connectivity index (χ2v) is 10.6. The van der Waals surface area contributed by atoms with Crippen molar-refractivity contribution in [3.8, 4) is 0 Å². The maximum Gasteiger partial charge on any atom is 0.243 e. The Kier molecular flexibility index (Phi) is 9.98. The molecule has 1 N–H and O–H groups in total. The number of carbonyl (C=O) groups excluding carboxylic acids is 2. The molecule has 3 aromatic rings. The van der Waals surface area contributed by atoms with Gasteiger partial charge in [0.2, 0.25) is 11.8 Å². The smallest absolute Gasteiger partial charge is 0.243 e. The molecule has 1 atom stereocenters. The zero-order valence-electron chi connectivity index (χ0n) is 21.4. The van der Waals surface area contributed by atoms with Crippen LogP contribution in [0.25, 0.3) is 0 Å². The molecule has 1 unspecified atom stereocenters. The third-order valence-corrected chi connectivity index (χ3v) is 6.74. The summed E-state index contributed by atoms with van der Waals surface area (Å²) in [5, 5.41) is 4.03. The van der Waals surface area contributed by atoms with Crippen molar-refractivity contribution in [3.05, 3.63) is 105 Å². The first-order valence-electron chi connectivity index (χ1n) is 12.2. The van der Waals surface area contributed by atoms with Gasteiger partial charge in [-0.05, 0) is 54.2 Å². The standard InChI is InChI=1S/C30H34Cl2N2O2/c1-20(2)18-33-30(36)28(15-23-8-6-5-7-9-23)34(19-24-12-13-26(31)17-27(24)32)29(35)16-25-14-21(3)10-11-22(25)4/h5-14,17,20,28H,15-16,18-19H2,1-4H3,(H,33,36). The molecule has 0 fully saturated rings. The van der Waals surface area contributed by atoms with Gasteiger partial charge in [-0.1, -0.05) is 97.2 Å². The van der Waals surface area contributed by atoms with E-state index in [0.717, 1.165) is 27.8 Å². The van der Waals surface area contributed by atoms with Crippen LogP contribution < -0.4 is 5.32 Å². The van der Waals surface area contributed by atoms with E-state index in [-0.39, 0.29) is 30.7 Å². The summed E-state index contributed by atoms with van der Waals surface area (Å²) in [6, 6.07) is 20.4. The second-order valence-electron chi connectivity index (χ2n) is 9.71. The summed E-state index contributed by atoms with van der Waals surface area (Å²) >= 11 is 12.6. The normalized spacial score (nSPS) is 11.9. The van der Waals surface area contributed by atoms with E-state index in [1.165, 1.54) is 0 Å². The van der Waals surface area contributed by atoms with E-state index in [2.05, 4.69) is 5.32 Å². The minimum absolute atomic E-state index is 0.129. The minimum atomic E-state index is -0.699. The Morgan fingerprint density at radius 2 is 1.64 bits per heavy atom. The fraction of sp³-hybridized carbons (Fsp3) is 0.333. The summed E-state index contributed by atoms with van der Waals surface area (Å²) < 4.78 is 0. The third kappa shape index (κ3) is 7.84. The Balaban J connectivity index is 2.01. The lowest BCUT2D eigenvalue weighted by molar-refractivity contribution is -0.140. The van der Waals surface area contributed by atoms with Crippen LogP contribution in [0.5, 0.6) is 0 Å². The maximum absolute atomic E-state index is 13.9. The molecule has 0 radical (unpaired) electrons. The first kappa shape index (κ1) is 27.8. The lowest BCUT2D eigenvalue weighted by Crippen LogP contribution is -2.51. The molecule has 0 aromatic heterocycles. The molecule has 4 nitrogen and oxygen atoms in total. The van der Waals surface area contributed by atoms with Gasteiger partial charge in [-0.3, -0.25) is 9.59 Å². The highest BCUT2D eigenvalue weighted by atomic mass is 35.5.